The Bertz CT molecular complexity index is 645. The summed E-state index contributed by atoms with van der Waals surface area (Å²) < 4.78 is 13.4. The largest absolute Gasteiger partial charge is 0.322 e. The van der Waals surface area contributed by atoms with Gasteiger partial charge in [0, 0.05) is 5.69 Å². The zero-order chi connectivity index (χ0) is 14.0. The predicted octanol–water partition coefficient (Wildman–Crippen LogP) is 4.80. The number of amides is 1. The molecule has 0 aliphatic heterocycles. The van der Waals surface area contributed by atoms with E-state index in [0.717, 1.165) is 5.56 Å². The van der Waals surface area contributed by atoms with Crippen LogP contribution in [-0.4, -0.2) is 5.91 Å². The molecule has 0 aliphatic rings. The molecule has 0 heterocycles. The molecule has 2 nitrogen and oxygen atoms in total. The lowest BCUT2D eigenvalue weighted by Gasteiger charge is -2.08. The molecule has 0 aliphatic carbocycles. The van der Waals surface area contributed by atoms with E-state index in [9.17, 15) is 9.18 Å². The Morgan fingerprint density at radius 2 is 2.00 bits per heavy atom. The van der Waals surface area contributed by atoms with Crippen LogP contribution in [0.15, 0.2) is 40.9 Å². The number of halogens is 3. The van der Waals surface area contributed by atoms with Gasteiger partial charge in [0.25, 0.3) is 5.91 Å². The number of nitrogens with one attached hydrogen (secondary N) is 1. The Kier molecular flexibility index (Phi) is 4.22. The first-order valence-electron chi connectivity index (χ1n) is 5.50. The zero-order valence-corrected chi connectivity index (χ0v) is 12.3. The second-order valence-electron chi connectivity index (χ2n) is 4.07. The number of benzene rings is 2. The van der Waals surface area contributed by atoms with Gasteiger partial charge in [-0.1, -0.05) is 17.7 Å². The summed E-state index contributed by atoms with van der Waals surface area (Å²) in [7, 11) is 0. The van der Waals surface area contributed by atoms with Gasteiger partial charge in [0.15, 0.2) is 0 Å². The molecule has 0 saturated carbocycles. The molecular weight excluding hydrogens is 333 g/mol. The van der Waals surface area contributed by atoms with Gasteiger partial charge in [-0.3, -0.25) is 4.79 Å². The molecule has 0 unspecified atom stereocenters. The molecule has 0 spiro atoms. The molecule has 0 atom stereocenters. The minimum absolute atomic E-state index is 0.292. The van der Waals surface area contributed by atoms with Crippen LogP contribution in [0.4, 0.5) is 10.1 Å². The van der Waals surface area contributed by atoms with E-state index < -0.39 is 0 Å². The lowest BCUT2D eigenvalue weighted by molar-refractivity contribution is 0.102. The number of hydrogen-bond acceptors (Lipinski definition) is 1. The van der Waals surface area contributed by atoms with Crippen molar-refractivity contribution in [2.45, 2.75) is 6.92 Å². The SMILES string of the molecule is Cc1ccc(C(=O)Nc2ccc(F)c(Br)c2)c(Cl)c1. The van der Waals surface area contributed by atoms with Crippen LogP contribution in [0, 0.1) is 12.7 Å². The second-order valence-corrected chi connectivity index (χ2v) is 5.33. The van der Waals surface area contributed by atoms with Crippen LogP contribution in [0.2, 0.25) is 5.02 Å². The molecule has 1 amide bonds. The van der Waals surface area contributed by atoms with Crippen LogP contribution >= 0.6 is 27.5 Å². The van der Waals surface area contributed by atoms with Gasteiger partial charge in [0.1, 0.15) is 5.82 Å². The molecule has 0 saturated heterocycles. The van der Waals surface area contributed by atoms with E-state index in [0.29, 0.717) is 20.7 Å². The maximum Gasteiger partial charge on any atom is 0.257 e. The molecule has 2 aromatic carbocycles. The first kappa shape index (κ1) is 14.0. The van der Waals surface area contributed by atoms with Crippen LogP contribution < -0.4 is 5.32 Å². The standard InChI is InChI=1S/C14H10BrClFNO/c1-8-2-4-10(12(16)6-8)14(19)18-9-3-5-13(17)11(15)7-9/h2-7H,1H3,(H,18,19). The number of rotatable bonds is 2. The third-order valence-electron chi connectivity index (χ3n) is 2.55. The van der Waals surface area contributed by atoms with Gasteiger partial charge in [-0.25, -0.2) is 4.39 Å². The summed E-state index contributed by atoms with van der Waals surface area (Å²) in [6.45, 7) is 1.89. The third kappa shape index (κ3) is 3.33. The van der Waals surface area contributed by atoms with Crippen LogP contribution in [0.1, 0.15) is 15.9 Å². The smallest absolute Gasteiger partial charge is 0.257 e. The Balaban J connectivity index is 2.23. The predicted molar refractivity (Wildman–Crippen MR) is 78.2 cm³/mol. The summed E-state index contributed by atoms with van der Waals surface area (Å²) in [5.41, 5.74) is 1.86. The maximum atomic E-state index is 13.1. The van der Waals surface area contributed by atoms with Gasteiger partial charge >= 0.3 is 0 Å². The zero-order valence-electron chi connectivity index (χ0n) is 10.0. The van der Waals surface area contributed by atoms with E-state index in [-0.39, 0.29) is 11.7 Å². The van der Waals surface area contributed by atoms with Crippen molar-refractivity contribution < 1.29 is 9.18 Å². The van der Waals surface area contributed by atoms with Gasteiger partial charge in [-0.05, 0) is 58.7 Å². The molecule has 5 heteroatoms. The van der Waals surface area contributed by atoms with Crippen molar-refractivity contribution in [1.29, 1.82) is 0 Å². The van der Waals surface area contributed by atoms with Crippen molar-refractivity contribution in [1.82, 2.24) is 0 Å². The molecule has 0 bridgehead atoms. The van der Waals surface area contributed by atoms with Gasteiger partial charge in [0.05, 0.1) is 15.1 Å². The topological polar surface area (TPSA) is 29.1 Å². The van der Waals surface area contributed by atoms with Crippen LogP contribution in [0.5, 0.6) is 0 Å². The Morgan fingerprint density at radius 3 is 2.63 bits per heavy atom. The molecule has 0 fully saturated rings. The van der Waals surface area contributed by atoms with Crippen LogP contribution in [0.3, 0.4) is 0 Å². The molecule has 2 rings (SSSR count). The molecule has 0 aromatic heterocycles. The normalized spacial score (nSPS) is 10.3. The summed E-state index contributed by atoms with van der Waals surface area (Å²) >= 11 is 9.08. The average molecular weight is 343 g/mol. The Morgan fingerprint density at radius 1 is 1.26 bits per heavy atom. The van der Waals surface area contributed by atoms with Gasteiger partial charge in [-0.15, -0.1) is 0 Å². The number of carbonyl (C=O) groups is 1. The lowest BCUT2D eigenvalue weighted by Crippen LogP contribution is -2.12. The summed E-state index contributed by atoms with van der Waals surface area (Å²) in [6.07, 6.45) is 0. The van der Waals surface area contributed by atoms with E-state index in [1.54, 1.807) is 18.2 Å². The molecule has 19 heavy (non-hydrogen) atoms. The molecule has 2 aromatic rings. The van der Waals surface area contributed by atoms with Gasteiger partial charge < -0.3 is 5.32 Å². The minimum Gasteiger partial charge on any atom is -0.322 e. The summed E-state index contributed by atoms with van der Waals surface area (Å²) in [4.78, 5) is 12.0. The highest BCUT2D eigenvalue weighted by molar-refractivity contribution is 9.10. The first-order chi connectivity index (χ1) is 8.97. The fraction of sp³-hybridized carbons (Fsp3) is 0.0714. The molecule has 98 valence electrons. The highest BCUT2D eigenvalue weighted by Gasteiger charge is 2.11. The second kappa shape index (κ2) is 5.72. The molecule has 0 radical (unpaired) electrons. The summed E-state index contributed by atoms with van der Waals surface area (Å²) in [5.74, 6) is -0.713. The summed E-state index contributed by atoms with van der Waals surface area (Å²) in [5, 5.41) is 3.05. The van der Waals surface area contributed by atoms with Crippen LogP contribution in [0.25, 0.3) is 0 Å². The first-order valence-corrected chi connectivity index (χ1v) is 6.67. The number of anilines is 1. The third-order valence-corrected chi connectivity index (χ3v) is 3.47. The number of aryl methyl sites for hydroxylation is 1. The van der Waals surface area contributed by atoms with Crippen molar-refractivity contribution in [2.75, 3.05) is 5.32 Å². The van der Waals surface area contributed by atoms with Gasteiger partial charge in [0.2, 0.25) is 0 Å². The van der Waals surface area contributed by atoms with E-state index >= 15 is 0 Å². The fourth-order valence-corrected chi connectivity index (χ4v) is 2.28. The van der Waals surface area contributed by atoms with Crippen molar-refractivity contribution in [2.24, 2.45) is 0 Å². The van der Waals surface area contributed by atoms with Crippen molar-refractivity contribution >= 4 is 39.1 Å². The monoisotopic (exact) mass is 341 g/mol. The Labute approximate surface area is 123 Å². The van der Waals surface area contributed by atoms with Crippen molar-refractivity contribution in [3.63, 3.8) is 0 Å². The van der Waals surface area contributed by atoms with E-state index in [1.807, 2.05) is 6.92 Å². The van der Waals surface area contributed by atoms with E-state index in [2.05, 4.69) is 21.2 Å². The molecule has 1 N–H and O–H groups in total. The van der Waals surface area contributed by atoms with Crippen molar-refractivity contribution in [3.8, 4) is 0 Å². The Hall–Kier alpha value is -1.39. The summed E-state index contributed by atoms with van der Waals surface area (Å²) in [6, 6.07) is 9.44. The van der Waals surface area contributed by atoms with Crippen molar-refractivity contribution in [3.05, 3.63) is 62.8 Å². The quantitative estimate of drug-likeness (QED) is 0.834. The highest BCUT2D eigenvalue weighted by Crippen LogP contribution is 2.22. The van der Waals surface area contributed by atoms with Gasteiger partial charge in [-0.2, -0.15) is 0 Å². The minimum atomic E-state index is -0.383. The average Bonchev–Trinajstić information content (AvgIpc) is 2.33. The fourth-order valence-electron chi connectivity index (χ4n) is 1.58. The molecular formula is C14H10BrClFNO. The highest BCUT2D eigenvalue weighted by atomic mass is 79.9. The number of hydrogen-bond donors (Lipinski definition) is 1. The van der Waals surface area contributed by atoms with Crippen LogP contribution in [-0.2, 0) is 0 Å². The van der Waals surface area contributed by atoms with E-state index in [4.69, 9.17) is 11.6 Å². The number of carbonyl (C=O) groups excluding carboxylic acids is 1. The van der Waals surface area contributed by atoms with E-state index in [1.165, 1.54) is 18.2 Å². The lowest BCUT2D eigenvalue weighted by atomic mass is 10.1. The maximum absolute atomic E-state index is 13.1.